The van der Waals surface area contributed by atoms with Gasteiger partial charge in [-0.3, -0.25) is 4.99 Å². The number of aliphatic imine (C=N–C) groups is 1. The number of hydrogen-bond acceptors (Lipinski definition) is 3. The molecule has 1 atom stereocenters. The van der Waals surface area contributed by atoms with Gasteiger partial charge in [0.1, 0.15) is 5.75 Å². The molecule has 0 aliphatic rings. The molecule has 0 bridgehead atoms. The van der Waals surface area contributed by atoms with E-state index in [0.717, 1.165) is 30.9 Å². The van der Waals surface area contributed by atoms with Crippen molar-refractivity contribution < 1.29 is 10.2 Å². The Hall–Kier alpha value is -2.53. The van der Waals surface area contributed by atoms with Gasteiger partial charge in [0, 0.05) is 26.1 Å². The fourth-order valence-corrected chi connectivity index (χ4v) is 2.62. The molecule has 0 aromatic heterocycles. The molecule has 5 heteroatoms. The van der Waals surface area contributed by atoms with E-state index in [1.165, 1.54) is 5.56 Å². The van der Waals surface area contributed by atoms with Crippen LogP contribution in [0.1, 0.15) is 23.5 Å². The maximum atomic E-state index is 9.61. The normalized spacial score (nSPS) is 12.6. The van der Waals surface area contributed by atoms with Crippen LogP contribution in [-0.4, -0.2) is 42.9 Å². The third kappa shape index (κ3) is 6.47. The van der Waals surface area contributed by atoms with Crippen molar-refractivity contribution in [3.8, 4) is 5.75 Å². The average Bonchev–Trinajstić information content (AvgIpc) is 2.66. The standard InChI is InChI=1S/C20H27N3O2/c1-21-20(22-13-5-6-16-9-11-19(25)12-10-16)23-14-18(15-24)17-7-3-2-4-8-17/h2-4,7-12,18,24-25H,5-6,13-15H2,1H3,(H2,21,22,23). The number of aryl methyl sites for hydroxylation is 1. The van der Waals surface area contributed by atoms with E-state index in [9.17, 15) is 10.2 Å². The number of aliphatic hydroxyl groups excluding tert-OH is 1. The number of rotatable bonds is 8. The first-order valence-electron chi connectivity index (χ1n) is 8.61. The van der Waals surface area contributed by atoms with E-state index in [1.807, 2.05) is 42.5 Å². The topological polar surface area (TPSA) is 76.9 Å². The molecule has 5 nitrogen and oxygen atoms in total. The Morgan fingerprint density at radius 2 is 1.76 bits per heavy atom. The molecule has 0 saturated carbocycles. The molecule has 134 valence electrons. The summed E-state index contributed by atoms with van der Waals surface area (Å²) in [6.07, 6.45) is 1.90. The van der Waals surface area contributed by atoms with Gasteiger partial charge >= 0.3 is 0 Å². The number of nitrogens with one attached hydrogen (secondary N) is 2. The minimum atomic E-state index is 0.0387. The molecule has 1 unspecified atom stereocenters. The summed E-state index contributed by atoms with van der Waals surface area (Å²) in [5.74, 6) is 1.07. The summed E-state index contributed by atoms with van der Waals surface area (Å²) in [6.45, 7) is 1.52. The van der Waals surface area contributed by atoms with Crippen LogP contribution in [0.25, 0.3) is 0 Å². The summed E-state index contributed by atoms with van der Waals surface area (Å²) in [5, 5.41) is 25.5. The summed E-state index contributed by atoms with van der Waals surface area (Å²) in [6, 6.07) is 17.3. The number of hydrogen-bond donors (Lipinski definition) is 4. The summed E-state index contributed by atoms with van der Waals surface area (Å²) in [7, 11) is 1.74. The van der Waals surface area contributed by atoms with Crippen molar-refractivity contribution in [1.82, 2.24) is 10.6 Å². The van der Waals surface area contributed by atoms with Crippen LogP contribution in [0.2, 0.25) is 0 Å². The number of benzene rings is 2. The van der Waals surface area contributed by atoms with Gasteiger partial charge in [-0.1, -0.05) is 42.5 Å². The second-order valence-electron chi connectivity index (χ2n) is 5.94. The highest BCUT2D eigenvalue weighted by Gasteiger charge is 2.10. The number of phenols is 1. The second kappa shape index (κ2) is 10.4. The maximum Gasteiger partial charge on any atom is 0.190 e. The zero-order chi connectivity index (χ0) is 17.9. The van der Waals surface area contributed by atoms with Gasteiger partial charge in [-0.2, -0.15) is 0 Å². The van der Waals surface area contributed by atoms with E-state index in [0.29, 0.717) is 12.3 Å². The van der Waals surface area contributed by atoms with E-state index in [4.69, 9.17) is 0 Å². The van der Waals surface area contributed by atoms with Gasteiger partial charge in [-0.15, -0.1) is 0 Å². The lowest BCUT2D eigenvalue weighted by atomic mass is 10.0. The largest absolute Gasteiger partial charge is 0.508 e. The number of nitrogens with zero attached hydrogens (tertiary/aromatic N) is 1. The van der Waals surface area contributed by atoms with Gasteiger partial charge in [0.25, 0.3) is 0 Å². The molecule has 0 spiro atoms. The van der Waals surface area contributed by atoms with Gasteiger partial charge in [0.05, 0.1) is 6.61 Å². The van der Waals surface area contributed by atoms with Crippen LogP contribution in [0.4, 0.5) is 0 Å². The summed E-state index contributed by atoms with van der Waals surface area (Å²) >= 11 is 0. The lowest BCUT2D eigenvalue weighted by molar-refractivity contribution is 0.265. The smallest absolute Gasteiger partial charge is 0.190 e. The van der Waals surface area contributed by atoms with E-state index in [-0.39, 0.29) is 12.5 Å². The Morgan fingerprint density at radius 3 is 2.40 bits per heavy atom. The first-order chi connectivity index (χ1) is 12.2. The second-order valence-corrected chi connectivity index (χ2v) is 5.94. The van der Waals surface area contributed by atoms with Crippen LogP contribution < -0.4 is 10.6 Å². The molecule has 25 heavy (non-hydrogen) atoms. The predicted octanol–water partition coefficient (Wildman–Crippen LogP) is 2.27. The Bertz CT molecular complexity index is 642. The lowest BCUT2D eigenvalue weighted by Gasteiger charge is -2.18. The highest BCUT2D eigenvalue weighted by molar-refractivity contribution is 5.79. The molecular weight excluding hydrogens is 314 g/mol. The molecule has 0 amide bonds. The predicted molar refractivity (Wildman–Crippen MR) is 102 cm³/mol. The maximum absolute atomic E-state index is 9.61. The van der Waals surface area contributed by atoms with Crippen molar-refractivity contribution in [1.29, 1.82) is 0 Å². The van der Waals surface area contributed by atoms with Crippen LogP contribution in [0.15, 0.2) is 59.6 Å². The molecule has 0 saturated heterocycles. The van der Waals surface area contributed by atoms with Gasteiger partial charge in [0.2, 0.25) is 0 Å². The molecule has 0 aliphatic heterocycles. The van der Waals surface area contributed by atoms with E-state index >= 15 is 0 Å². The molecule has 0 fully saturated rings. The fourth-order valence-electron chi connectivity index (χ4n) is 2.62. The van der Waals surface area contributed by atoms with Crippen LogP contribution >= 0.6 is 0 Å². The van der Waals surface area contributed by atoms with Gasteiger partial charge in [-0.25, -0.2) is 0 Å². The van der Waals surface area contributed by atoms with Gasteiger partial charge < -0.3 is 20.8 Å². The SMILES string of the molecule is CN=C(NCCCc1ccc(O)cc1)NCC(CO)c1ccccc1. The summed E-state index contributed by atoms with van der Waals surface area (Å²) in [4.78, 5) is 4.22. The molecule has 0 heterocycles. The first kappa shape index (κ1) is 18.8. The molecule has 2 rings (SSSR count). The first-order valence-corrected chi connectivity index (χ1v) is 8.61. The number of aromatic hydroxyl groups is 1. The minimum Gasteiger partial charge on any atom is -0.508 e. The highest BCUT2D eigenvalue weighted by atomic mass is 16.3. The zero-order valence-electron chi connectivity index (χ0n) is 14.7. The van der Waals surface area contributed by atoms with Gasteiger partial charge in [0.15, 0.2) is 5.96 Å². The van der Waals surface area contributed by atoms with Gasteiger partial charge in [-0.05, 0) is 36.1 Å². The molecular formula is C20H27N3O2. The van der Waals surface area contributed by atoms with Crippen LogP contribution in [0.3, 0.4) is 0 Å². The Balaban J connectivity index is 1.72. The monoisotopic (exact) mass is 341 g/mol. The third-order valence-electron chi connectivity index (χ3n) is 4.10. The number of guanidine groups is 1. The number of phenolic OH excluding ortho intramolecular Hbond substituents is 1. The van der Waals surface area contributed by atoms with Crippen molar-refractivity contribution in [2.45, 2.75) is 18.8 Å². The molecule has 4 N–H and O–H groups in total. The van der Waals surface area contributed by atoms with Crippen molar-refractivity contribution in [2.24, 2.45) is 4.99 Å². The molecule has 2 aromatic carbocycles. The fraction of sp³-hybridized carbons (Fsp3) is 0.350. The van der Waals surface area contributed by atoms with Crippen LogP contribution in [0.5, 0.6) is 5.75 Å². The molecule has 0 aliphatic carbocycles. The molecule has 0 radical (unpaired) electrons. The third-order valence-corrected chi connectivity index (χ3v) is 4.10. The number of aliphatic hydroxyl groups is 1. The Morgan fingerprint density at radius 1 is 1.04 bits per heavy atom. The lowest BCUT2D eigenvalue weighted by Crippen LogP contribution is -2.40. The van der Waals surface area contributed by atoms with E-state index in [2.05, 4.69) is 15.6 Å². The Kier molecular flexibility index (Phi) is 7.79. The van der Waals surface area contributed by atoms with E-state index in [1.54, 1.807) is 19.2 Å². The minimum absolute atomic E-state index is 0.0387. The highest BCUT2D eigenvalue weighted by Crippen LogP contribution is 2.13. The average molecular weight is 341 g/mol. The van der Waals surface area contributed by atoms with Crippen molar-refractivity contribution in [3.05, 3.63) is 65.7 Å². The summed E-state index contributed by atoms with van der Waals surface area (Å²) < 4.78 is 0. The van der Waals surface area contributed by atoms with E-state index < -0.39 is 0 Å². The van der Waals surface area contributed by atoms with Crippen LogP contribution in [-0.2, 0) is 6.42 Å². The summed E-state index contributed by atoms with van der Waals surface area (Å²) in [5.41, 5.74) is 2.31. The van der Waals surface area contributed by atoms with Crippen molar-refractivity contribution in [2.75, 3.05) is 26.7 Å². The zero-order valence-corrected chi connectivity index (χ0v) is 14.7. The Labute approximate surface area is 149 Å². The van der Waals surface area contributed by atoms with Crippen LogP contribution in [0, 0.1) is 0 Å². The van der Waals surface area contributed by atoms with Crippen molar-refractivity contribution in [3.63, 3.8) is 0 Å². The quantitative estimate of drug-likeness (QED) is 0.337. The van der Waals surface area contributed by atoms with Crippen molar-refractivity contribution >= 4 is 5.96 Å². The molecule has 2 aromatic rings.